The van der Waals surface area contributed by atoms with Gasteiger partial charge in [0.05, 0.1) is 12.8 Å². The maximum atomic E-state index is 12.8. The second-order valence-corrected chi connectivity index (χ2v) is 6.45. The molecule has 0 radical (unpaired) electrons. The van der Waals surface area contributed by atoms with Crippen LogP contribution in [0.2, 0.25) is 0 Å². The van der Waals surface area contributed by atoms with Gasteiger partial charge >= 0.3 is 12.1 Å². The first-order chi connectivity index (χ1) is 12.0. The maximum absolute atomic E-state index is 12.8. The fraction of sp³-hybridized carbons (Fsp3) is 0.300. The summed E-state index contributed by atoms with van der Waals surface area (Å²) in [5, 5.41) is 0. The van der Waals surface area contributed by atoms with Crippen LogP contribution >= 0.6 is 0 Å². The minimum atomic E-state index is -1.11. The molecule has 1 aliphatic heterocycles. The SMILES string of the molecule is COC(=O)[C@]1(C)Cc2ccc(C)cc2N1C(=O)OCc1ccccc1. The number of carbonyl (C=O) groups excluding carboxylic acids is 2. The first kappa shape index (κ1) is 17.0. The van der Waals surface area contributed by atoms with E-state index in [0.717, 1.165) is 16.7 Å². The molecule has 1 heterocycles. The van der Waals surface area contributed by atoms with Crippen molar-refractivity contribution in [3.05, 3.63) is 65.2 Å². The maximum Gasteiger partial charge on any atom is 0.415 e. The predicted octanol–water partition coefficient (Wildman–Crippen LogP) is 3.63. The van der Waals surface area contributed by atoms with Gasteiger partial charge in [0.25, 0.3) is 0 Å². The van der Waals surface area contributed by atoms with Gasteiger partial charge in [-0.3, -0.25) is 4.90 Å². The van der Waals surface area contributed by atoms with Gasteiger partial charge in [-0.05, 0) is 36.6 Å². The number of aryl methyl sites for hydroxylation is 1. The van der Waals surface area contributed by atoms with Crippen LogP contribution in [-0.2, 0) is 27.3 Å². The molecule has 25 heavy (non-hydrogen) atoms. The van der Waals surface area contributed by atoms with E-state index in [9.17, 15) is 9.59 Å². The number of benzene rings is 2. The minimum Gasteiger partial charge on any atom is -0.467 e. The molecule has 5 heteroatoms. The number of anilines is 1. The van der Waals surface area contributed by atoms with Gasteiger partial charge < -0.3 is 9.47 Å². The summed E-state index contributed by atoms with van der Waals surface area (Å²) in [6, 6.07) is 15.2. The molecule has 0 saturated heterocycles. The zero-order valence-electron chi connectivity index (χ0n) is 14.6. The standard InChI is InChI=1S/C20H21NO4/c1-14-9-10-16-12-20(2,18(22)24-3)21(17(16)11-14)19(23)25-13-15-7-5-4-6-8-15/h4-11H,12-13H2,1-3H3/t20-/m0/s1. The van der Waals surface area contributed by atoms with Crippen LogP contribution in [0.5, 0.6) is 0 Å². The van der Waals surface area contributed by atoms with Gasteiger partial charge in [-0.2, -0.15) is 0 Å². The van der Waals surface area contributed by atoms with E-state index in [1.54, 1.807) is 6.92 Å². The fourth-order valence-electron chi connectivity index (χ4n) is 3.21. The van der Waals surface area contributed by atoms with Gasteiger partial charge in [-0.25, -0.2) is 9.59 Å². The highest BCUT2D eigenvalue weighted by Crippen LogP contribution is 2.40. The Morgan fingerprint density at radius 2 is 1.88 bits per heavy atom. The highest BCUT2D eigenvalue weighted by atomic mass is 16.6. The van der Waals surface area contributed by atoms with Crippen LogP contribution < -0.4 is 4.90 Å². The van der Waals surface area contributed by atoms with Crippen molar-refractivity contribution in [2.45, 2.75) is 32.4 Å². The average Bonchev–Trinajstić information content (AvgIpc) is 2.92. The first-order valence-electron chi connectivity index (χ1n) is 8.14. The number of methoxy groups -OCH3 is 1. The van der Waals surface area contributed by atoms with Crippen molar-refractivity contribution in [1.82, 2.24) is 0 Å². The lowest BCUT2D eigenvalue weighted by molar-refractivity contribution is -0.146. The van der Waals surface area contributed by atoms with E-state index in [1.807, 2.05) is 55.5 Å². The topological polar surface area (TPSA) is 55.8 Å². The largest absolute Gasteiger partial charge is 0.467 e. The molecule has 2 aromatic carbocycles. The molecule has 0 aliphatic carbocycles. The molecule has 1 amide bonds. The van der Waals surface area contributed by atoms with Gasteiger partial charge in [0, 0.05) is 6.42 Å². The number of hydrogen-bond acceptors (Lipinski definition) is 4. The quantitative estimate of drug-likeness (QED) is 0.802. The van der Waals surface area contributed by atoms with E-state index < -0.39 is 17.6 Å². The summed E-state index contributed by atoms with van der Waals surface area (Å²) in [4.78, 5) is 26.7. The molecule has 1 aliphatic rings. The summed E-state index contributed by atoms with van der Waals surface area (Å²) in [6.45, 7) is 3.80. The third-order valence-corrected chi connectivity index (χ3v) is 4.52. The average molecular weight is 339 g/mol. The van der Waals surface area contributed by atoms with E-state index in [0.29, 0.717) is 12.1 Å². The summed E-state index contributed by atoms with van der Waals surface area (Å²) in [6.07, 6.45) is -0.156. The van der Waals surface area contributed by atoms with Crippen LogP contribution in [0.4, 0.5) is 10.5 Å². The van der Waals surface area contributed by atoms with Crippen molar-refractivity contribution >= 4 is 17.7 Å². The van der Waals surface area contributed by atoms with E-state index >= 15 is 0 Å². The van der Waals surface area contributed by atoms with Crippen LogP contribution in [0.3, 0.4) is 0 Å². The predicted molar refractivity (Wildman–Crippen MR) is 94.4 cm³/mol. The van der Waals surface area contributed by atoms with Crippen molar-refractivity contribution in [3.8, 4) is 0 Å². The van der Waals surface area contributed by atoms with Crippen molar-refractivity contribution in [2.24, 2.45) is 0 Å². The van der Waals surface area contributed by atoms with Crippen LogP contribution in [0.1, 0.15) is 23.6 Å². The number of nitrogens with zero attached hydrogens (tertiary/aromatic N) is 1. The van der Waals surface area contributed by atoms with E-state index in [4.69, 9.17) is 9.47 Å². The van der Waals surface area contributed by atoms with Crippen molar-refractivity contribution in [1.29, 1.82) is 0 Å². The number of esters is 1. The molecule has 0 spiro atoms. The minimum absolute atomic E-state index is 0.147. The Kier molecular flexibility index (Phi) is 4.49. The summed E-state index contributed by atoms with van der Waals surface area (Å²) in [5.74, 6) is -0.460. The number of fused-ring (bicyclic) bond motifs is 1. The number of ether oxygens (including phenoxy) is 2. The summed E-state index contributed by atoms with van der Waals surface area (Å²) in [7, 11) is 1.33. The molecular formula is C20H21NO4. The zero-order valence-corrected chi connectivity index (χ0v) is 14.6. The zero-order chi connectivity index (χ0) is 18.0. The number of hydrogen-bond donors (Lipinski definition) is 0. The molecule has 0 saturated carbocycles. The molecule has 0 aromatic heterocycles. The lowest BCUT2D eigenvalue weighted by Crippen LogP contribution is -2.54. The summed E-state index contributed by atoms with van der Waals surface area (Å²) >= 11 is 0. The van der Waals surface area contributed by atoms with Crippen molar-refractivity contribution in [3.63, 3.8) is 0 Å². The molecule has 5 nitrogen and oxygen atoms in total. The molecule has 0 fully saturated rings. The van der Waals surface area contributed by atoms with Crippen LogP contribution in [0, 0.1) is 6.92 Å². The number of carbonyl (C=O) groups is 2. The van der Waals surface area contributed by atoms with Gasteiger partial charge in [-0.1, -0.05) is 42.5 Å². The molecule has 3 rings (SSSR count). The van der Waals surface area contributed by atoms with Crippen LogP contribution in [-0.4, -0.2) is 24.7 Å². The third kappa shape index (κ3) is 3.09. The van der Waals surface area contributed by atoms with Crippen molar-refractivity contribution in [2.75, 3.05) is 12.0 Å². The van der Waals surface area contributed by atoms with Gasteiger partial charge in [0.15, 0.2) is 0 Å². The normalized spacial score (nSPS) is 18.6. The van der Waals surface area contributed by atoms with E-state index in [2.05, 4.69) is 0 Å². The Morgan fingerprint density at radius 3 is 2.56 bits per heavy atom. The molecule has 2 aromatic rings. The molecule has 130 valence electrons. The first-order valence-corrected chi connectivity index (χ1v) is 8.14. The summed E-state index contributed by atoms with van der Waals surface area (Å²) < 4.78 is 10.4. The highest BCUT2D eigenvalue weighted by molar-refractivity contribution is 6.02. The number of amides is 1. The monoisotopic (exact) mass is 339 g/mol. The smallest absolute Gasteiger partial charge is 0.415 e. The molecular weight excluding hydrogens is 318 g/mol. The van der Waals surface area contributed by atoms with Gasteiger partial charge in [-0.15, -0.1) is 0 Å². The van der Waals surface area contributed by atoms with Gasteiger partial charge in [0.1, 0.15) is 12.1 Å². The second-order valence-electron chi connectivity index (χ2n) is 6.45. The lowest BCUT2D eigenvalue weighted by atomic mass is 9.97. The fourth-order valence-corrected chi connectivity index (χ4v) is 3.21. The van der Waals surface area contributed by atoms with E-state index in [1.165, 1.54) is 12.0 Å². The molecule has 0 unspecified atom stereocenters. The Hall–Kier alpha value is -2.82. The van der Waals surface area contributed by atoms with Crippen molar-refractivity contribution < 1.29 is 19.1 Å². The highest BCUT2D eigenvalue weighted by Gasteiger charge is 2.50. The Bertz CT molecular complexity index is 803. The van der Waals surface area contributed by atoms with E-state index in [-0.39, 0.29) is 6.61 Å². The molecule has 0 N–H and O–H groups in total. The third-order valence-electron chi connectivity index (χ3n) is 4.52. The summed E-state index contributed by atoms with van der Waals surface area (Å²) in [5.41, 5.74) is 2.41. The van der Waals surface area contributed by atoms with Crippen LogP contribution in [0.15, 0.2) is 48.5 Å². The second kappa shape index (κ2) is 6.59. The number of rotatable bonds is 3. The lowest BCUT2D eigenvalue weighted by Gasteiger charge is -2.32. The molecule has 0 bridgehead atoms. The Morgan fingerprint density at radius 1 is 1.16 bits per heavy atom. The van der Waals surface area contributed by atoms with Gasteiger partial charge in [0.2, 0.25) is 0 Å². The Balaban J connectivity index is 1.90. The Labute approximate surface area is 147 Å². The van der Waals surface area contributed by atoms with Crippen LogP contribution in [0.25, 0.3) is 0 Å². The molecule has 1 atom stereocenters.